The van der Waals surface area contributed by atoms with Gasteiger partial charge in [-0.15, -0.1) is 0 Å². The maximum atomic E-state index is 12.5. The molecule has 0 aromatic heterocycles. The molecule has 3 rings (SSSR count). The van der Waals surface area contributed by atoms with Crippen LogP contribution in [0.4, 0.5) is 5.69 Å². The largest absolute Gasteiger partial charge is 1.00 e. The molecule has 2 amide bonds. The predicted octanol–water partition coefficient (Wildman–Crippen LogP) is 0.627. The van der Waals surface area contributed by atoms with Crippen molar-refractivity contribution in [3.8, 4) is 5.75 Å². The molecule has 0 radical (unpaired) electrons. The zero-order chi connectivity index (χ0) is 24.2. The Morgan fingerprint density at radius 1 is 1.20 bits per heavy atom. The molecule has 35 heavy (non-hydrogen) atoms. The third-order valence-corrected chi connectivity index (χ3v) is 6.07. The van der Waals surface area contributed by atoms with Crippen molar-refractivity contribution in [1.29, 1.82) is 0 Å². The fourth-order valence-corrected chi connectivity index (χ4v) is 4.39. The average molecular weight is 608 g/mol. The molecule has 190 valence electrons. The number of rotatable bonds is 8. The van der Waals surface area contributed by atoms with Gasteiger partial charge in [-0.05, 0) is 63.7 Å². The molecule has 1 saturated heterocycles. The second kappa shape index (κ2) is 18.4. The molecule has 1 aromatic rings. The van der Waals surface area contributed by atoms with Gasteiger partial charge in [0.05, 0.1) is 18.8 Å². The Kier molecular flexibility index (Phi) is 18.0. The van der Waals surface area contributed by atoms with E-state index in [2.05, 4.69) is 11.4 Å². The summed E-state index contributed by atoms with van der Waals surface area (Å²) in [6.45, 7) is 8.65. The van der Waals surface area contributed by atoms with E-state index >= 15 is 0 Å². The maximum Gasteiger partial charge on any atom is 1.00 e. The van der Waals surface area contributed by atoms with Crippen LogP contribution >= 0.6 is 0 Å². The summed E-state index contributed by atoms with van der Waals surface area (Å²) in [6.07, 6.45) is 7.66. The van der Waals surface area contributed by atoms with E-state index in [1.807, 2.05) is 54.9 Å². The predicted molar refractivity (Wildman–Crippen MR) is 135 cm³/mol. The third kappa shape index (κ3) is 10.2. The van der Waals surface area contributed by atoms with Crippen LogP contribution < -0.4 is 83.8 Å². The van der Waals surface area contributed by atoms with Crippen LogP contribution in [0.3, 0.4) is 0 Å². The summed E-state index contributed by atoms with van der Waals surface area (Å²) >= 11 is 0. The zero-order valence-electron chi connectivity index (χ0n) is 22.0. The van der Waals surface area contributed by atoms with Gasteiger partial charge in [-0.25, -0.2) is 0 Å². The van der Waals surface area contributed by atoms with Crippen LogP contribution in [0.1, 0.15) is 57.9 Å². The first-order valence-electron chi connectivity index (χ1n) is 11.7. The number of nitrogens with one attached hydrogen (secondary N) is 1. The molecule has 2 aliphatic rings. The number of hydrogen-bond acceptors (Lipinski definition) is 6. The van der Waals surface area contributed by atoms with Crippen LogP contribution in [-0.4, -0.2) is 67.1 Å². The zero-order valence-corrected chi connectivity index (χ0v) is 28.2. The van der Waals surface area contributed by atoms with E-state index in [0.29, 0.717) is 31.9 Å². The van der Waals surface area contributed by atoms with Crippen LogP contribution in [0.25, 0.3) is 0 Å². The number of hydrogen-bond donors (Lipinski definition) is 2. The second-order valence-electron chi connectivity index (χ2n) is 8.28. The van der Waals surface area contributed by atoms with E-state index in [-0.39, 0.29) is 88.8 Å². The summed E-state index contributed by atoms with van der Waals surface area (Å²) in [5.41, 5.74) is 2.01. The molecular weight excluding hydrogens is 567 g/mol. The van der Waals surface area contributed by atoms with Gasteiger partial charge in [0.2, 0.25) is 12.3 Å². The van der Waals surface area contributed by atoms with E-state index in [9.17, 15) is 14.4 Å². The Hall–Kier alpha value is -0.818. The minimum absolute atomic E-state index is 0. The molecule has 9 heteroatoms. The number of aliphatic carboxylic acids is 1. The molecule has 1 atom stereocenters. The minimum atomic E-state index is -0.796. The molecule has 2 heterocycles. The van der Waals surface area contributed by atoms with Crippen molar-refractivity contribution >= 4 is 24.0 Å². The van der Waals surface area contributed by atoms with E-state index in [1.54, 1.807) is 0 Å². The van der Waals surface area contributed by atoms with Crippen molar-refractivity contribution in [3.05, 3.63) is 43.3 Å². The van der Waals surface area contributed by atoms with Crippen LogP contribution in [0.2, 0.25) is 0 Å². The van der Waals surface area contributed by atoms with Gasteiger partial charge < -0.3 is 22.2 Å². The molecule has 0 bridgehead atoms. The summed E-state index contributed by atoms with van der Waals surface area (Å²) in [7, 11) is 0. The molecule has 0 spiro atoms. The number of benzene rings is 1. The maximum absolute atomic E-state index is 12.5. The number of piperidine rings is 1. The Labute approximate surface area is 269 Å². The van der Waals surface area contributed by atoms with Gasteiger partial charge in [0.1, 0.15) is 18.4 Å². The number of fused-ring (bicyclic) bond motifs is 1. The SMILES string of the molecule is C/C=C\C.CCCC(C(=O)NC=O)N1CCOc2c(C3CCN(CC(=O)O)CC3)cccc21.[CH3-].[Cs+]. The monoisotopic (exact) mass is 607 g/mol. The summed E-state index contributed by atoms with van der Waals surface area (Å²) in [5.74, 6) is 0.0241. The van der Waals surface area contributed by atoms with Crippen LogP contribution in [0.15, 0.2) is 30.4 Å². The number of carbonyl (C=O) groups is 3. The summed E-state index contributed by atoms with van der Waals surface area (Å²) in [5, 5.41) is 11.3. The van der Waals surface area contributed by atoms with E-state index in [4.69, 9.17) is 9.84 Å². The summed E-state index contributed by atoms with van der Waals surface area (Å²) in [6, 6.07) is 5.61. The number of imide groups is 1. The minimum Gasteiger partial charge on any atom is -0.489 e. The molecule has 2 aliphatic heterocycles. The summed E-state index contributed by atoms with van der Waals surface area (Å²) in [4.78, 5) is 38.2. The summed E-state index contributed by atoms with van der Waals surface area (Å²) < 4.78 is 6.05. The normalized spacial score (nSPS) is 16.4. The van der Waals surface area contributed by atoms with E-state index < -0.39 is 12.0 Å². The standard InChI is InChI=1S/C21H29N3O5.C4H8.CH3.Cs/c1-2-4-18(21(28)22-14-25)24-11-12-29-20-16(5-3-6-17(20)24)15-7-9-23(10-8-15)13-19(26)27;1-3-4-2;;/h3,5-6,14-15,18H,2,4,7-13H2,1H3,(H,26,27)(H,22,25,28);3-4H,1-2H3;1H3;/q;;-1;+1/b;4-3-;;. The Balaban J connectivity index is 0.00000179. The van der Waals surface area contributed by atoms with Crippen LogP contribution in [0, 0.1) is 7.43 Å². The molecule has 1 aromatic carbocycles. The van der Waals surface area contributed by atoms with Gasteiger partial charge in [-0.3, -0.25) is 24.6 Å². The number of ether oxygens (including phenoxy) is 1. The van der Waals surface area contributed by atoms with Gasteiger partial charge in [0, 0.05) is 0 Å². The molecule has 2 N–H and O–H groups in total. The van der Waals surface area contributed by atoms with E-state index in [0.717, 1.165) is 49.4 Å². The number of carboxylic acids is 1. The molecule has 1 fully saturated rings. The first-order valence-corrected chi connectivity index (χ1v) is 11.7. The fraction of sp³-hybridized carbons (Fsp3) is 0.538. The van der Waals surface area contributed by atoms with E-state index in [1.165, 1.54) is 0 Å². The van der Waals surface area contributed by atoms with Crippen molar-refractivity contribution in [2.75, 3.05) is 37.7 Å². The number of carbonyl (C=O) groups excluding carboxylic acids is 2. The first kappa shape index (κ1) is 34.2. The van der Waals surface area contributed by atoms with Crippen molar-refractivity contribution in [2.24, 2.45) is 0 Å². The van der Waals surface area contributed by atoms with Gasteiger partial charge in [-0.2, -0.15) is 0 Å². The Morgan fingerprint density at radius 2 is 1.86 bits per heavy atom. The van der Waals surface area contributed by atoms with Crippen molar-refractivity contribution < 1.29 is 93.1 Å². The first-order chi connectivity index (χ1) is 16.0. The van der Waals surface area contributed by atoms with Crippen molar-refractivity contribution in [3.63, 3.8) is 0 Å². The topological polar surface area (TPSA) is 99.2 Å². The number of anilines is 1. The number of amides is 2. The van der Waals surface area contributed by atoms with Crippen LogP contribution in [-0.2, 0) is 14.4 Å². The number of para-hydroxylation sites is 1. The Bertz CT molecular complexity index is 821. The number of likely N-dealkylation sites (tertiary alicyclic amines) is 1. The van der Waals surface area contributed by atoms with Crippen LogP contribution in [0.5, 0.6) is 5.75 Å². The van der Waals surface area contributed by atoms with Crippen molar-refractivity contribution in [1.82, 2.24) is 10.2 Å². The Morgan fingerprint density at radius 3 is 2.40 bits per heavy atom. The number of carboxylic acid groups (broad SMARTS) is 1. The van der Waals surface area contributed by atoms with Crippen molar-refractivity contribution in [2.45, 2.75) is 58.4 Å². The molecule has 0 saturated carbocycles. The number of allylic oxidation sites excluding steroid dienone is 2. The van der Waals surface area contributed by atoms with Gasteiger partial charge in [-0.1, -0.05) is 37.6 Å². The molecular formula is C26H40CsN3O5. The quantitative estimate of drug-likeness (QED) is 0.254. The second-order valence-corrected chi connectivity index (χ2v) is 8.28. The third-order valence-electron chi connectivity index (χ3n) is 6.07. The fourth-order valence-electron chi connectivity index (χ4n) is 4.39. The molecule has 8 nitrogen and oxygen atoms in total. The molecule has 1 unspecified atom stereocenters. The van der Waals surface area contributed by atoms with Gasteiger partial charge in [0.25, 0.3) is 0 Å². The van der Waals surface area contributed by atoms with Gasteiger partial charge >= 0.3 is 74.9 Å². The number of nitrogens with zero attached hydrogens (tertiary/aromatic N) is 2. The smallest absolute Gasteiger partial charge is 0.489 e. The average Bonchev–Trinajstić information content (AvgIpc) is 2.82. The molecule has 0 aliphatic carbocycles. The van der Waals surface area contributed by atoms with Gasteiger partial charge in [0.15, 0.2) is 0 Å².